The molecule has 0 bridgehead atoms. The Kier molecular flexibility index (Phi) is 7.70. The molecule has 6 heteroatoms. The minimum absolute atomic E-state index is 0.126. The number of carbonyl (C=O) groups is 1. The Morgan fingerprint density at radius 3 is 2.89 bits per heavy atom. The zero-order valence-electron chi connectivity index (χ0n) is 16.1. The van der Waals surface area contributed by atoms with Gasteiger partial charge in [-0.05, 0) is 42.4 Å². The van der Waals surface area contributed by atoms with Gasteiger partial charge in [0.25, 0.3) is 0 Å². The first kappa shape index (κ1) is 20.8. The molecule has 0 saturated heterocycles. The van der Waals surface area contributed by atoms with Crippen molar-refractivity contribution in [3.05, 3.63) is 33.8 Å². The Balaban J connectivity index is 1.73. The Labute approximate surface area is 170 Å². The Bertz CT molecular complexity index is 634. The Hall–Kier alpha value is -0.950. The van der Waals surface area contributed by atoms with E-state index in [0.29, 0.717) is 12.5 Å². The number of nitrogens with zero attached hydrogens (tertiary/aromatic N) is 1. The maximum atomic E-state index is 13.0. The van der Waals surface area contributed by atoms with Crippen molar-refractivity contribution < 1.29 is 14.6 Å². The van der Waals surface area contributed by atoms with Gasteiger partial charge >= 0.3 is 0 Å². The Morgan fingerprint density at radius 1 is 1.37 bits per heavy atom. The van der Waals surface area contributed by atoms with E-state index in [1.807, 2.05) is 0 Å². The van der Waals surface area contributed by atoms with E-state index in [1.165, 1.54) is 43.2 Å². The molecule has 1 aromatic rings. The van der Waals surface area contributed by atoms with Gasteiger partial charge in [-0.2, -0.15) is 0 Å². The van der Waals surface area contributed by atoms with E-state index in [9.17, 15) is 9.90 Å². The molecule has 150 valence electrons. The van der Waals surface area contributed by atoms with E-state index in [1.54, 1.807) is 7.11 Å². The number of benzene rings is 1. The van der Waals surface area contributed by atoms with Crippen LogP contribution >= 0.6 is 15.9 Å². The second kappa shape index (κ2) is 10.0. The van der Waals surface area contributed by atoms with Crippen molar-refractivity contribution >= 4 is 21.8 Å². The van der Waals surface area contributed by atoms with Gasteiger partial charge in [0, 0.05) is 24.7 Å². The molecule has 1 amide bonds. The summed E-state index contributed by atoms with van der Waals surface area (Å²) in [5.74, 6) is 0.663. The number of hydrogen-bond donors (Lipinski definition) is 2. The van der Waals surface area contributed by atoms with Crippen molar-refractivity contribution in [2.45, 2.75) is 50.7 Å². The van der Waals surface area contributed by atoms with E-state index in [-0.39, 0.29) is 25.1 Å². The summed E-state index contributed by atoms with van der Waals surface area (Å²) in [4.78, 5) is 15.1. The minimum atomic E-state index is -0.588. The molecule has 5 nitrogen and oxygen atoms in total. The largest absolute Gasteiger partial charge is 0.389 e. The molecule has 1 aliphatic heterocycles. The van der Waals surface area contributed by atoms with Crippen LogP contribution in [0.15, 0.2) is 22.7 Å². The third kappa shape index (κ3) is 5.11. The third-order valence-electron chi connectivity index (χ3n) is 5.84. The van der Waals surface area contributed by atoms with E-state index >= 15 is 0 Å². The molecular weight excluding hydrogens is 408 g/mol. The first-order chi connectivity index (χ1) is 13.1. The van der Waals surface area contributed by atoms with Crippen LogP contribution in [0.1, 0.15) is 49.3 Å². The molecule has 1 fully saturated rings. The number of aliphatic hydroxyl groups excluding tert-OH is 1. The molecule has 3 rings (SSSR count). The number of hydrogen-bond acceptors (Lipinski definition) is 4. The van der Waals surface area contributed by atoms with Crippen molar-refractivity contribution in [1.29, 1.82) is 0 Å². The molecule has 2 aliphatic rings. The molecule has 1 unspecified atom stereocenters. The quantitative estimate of drug-likeness (QED) is 0.686. The maximum Gasteiger partial charge on any atom is 0.237 e. The topological polar surface area (TPSA) is 61.8 Å². The standard InChI is InChI=1S/C21H31BrN2O3/c1-27-14-16(25)12-23-13-20(26)24-11-10-17-18(8-5-9-19(17)22)21(24)15-6-3-2-4-7-15/h5,8-9,15-16,21,23,25H,2-4,6-7,10-14H2,1H3/t16-,21?/m0/s1. The fraction of sp³-hybridized carbons (Fsp3) is 0.667. The number of fused-ring (bicyclic) bond motifs is 1. The summed E-state index contributed by atoms with van der Waals surface area (Å²) in [5.41, 5.74) is 2.68. The van der Waals surface area contributed by atoms with Crippen LogP contribution in [0, 0.1) is 5.92 Å². The molecule has 1 heterocycles. The number of amides is 1. The van der Waals surface area contributed by atoms with Gasteiger partial charge in [0.05, 0.1) is 25.3 Å². The second-order valence-corrected chi connectivity index (χ2v) is 8.58. The van der Waals surface area contributed by atoms with Gasteiger partial charge in [0.1, 0.15) is 0 Å². The van der Waals surface area contributed by atoms with Gasteiger partial charge in [0.2, 0.25) is 5.91 Å². The van der Waals surface area contributed by atoms with Gasteiger partial charge in [0.15, 0.2) is 0 Å². The highest BCUT2D eigenvalue weighted by Crippen LogP contribution is 2.43. The summed E-state index contributed by atoms with van der Waals surface area (Å²) >= 11 is 3.71. The lowest BCUT2D eigenvalue weighted by molar-refractivity contribution is -0.135. The van der Waals surface area contributed by atoms with E-state index in [0.717, 1.165) is 17.4 Å². The highest BCUT2D eigenvalue weighted by molar-refractivity contribution is 9.10. The van der Waals surface area contributed by atoms with E-state index in [2.05, 4.69) is 44.3 Å². The number of nitrogens with one attached hydrogen (secondary N) is 1. The highest BCUT2D eigenvalue weighted by Gasteiger charge is 2.37. The van der Waals surface area contributed by atoms with Crippen LogP contribution in [-0.2, 0) is 16.0 Å². The molecule has 2 N–H and O–H groups in total. The Morgan fingerprint density at radius 2 is 2.15 bits per heavy atom. The lowest BCUT2D eigenvalue weighted by Crippen LogP contribution is -2.47. The van der Waals surface area contributed by atoms with Crippen molar-refractivity contribution in [2.24, 2.45) is 5.92 Å². The monoisotopic (exact) mass is 438 g/mol. The number of carbonyl (C=O) groups excluding carboxylic acids is 1. The summed E-state index contributed by atoms with van der Waals surface area (Å²) in [7, 11) is 1.56. The first-order valence-electron chi connectivity index (χ1n) is 10.1. The lowest BCUT2D eigenvalue weighted by Gasteiger charge is -2.43. The van der Waals surface area contributed by atoms with Crippen LogP contribution in [0.4, 0.5) is 0 Å². The summed E-state index contributed by atoms with van der Waals surface area (Å²) in [6, 6.07) is 6.57. The van der Waals surface area contributed by atoms with Crippen molar-refractivity contribution in [3.63, 3.8) is 0 Å². The van der Waals surface area contributed by atoms with Crippen LogP contribution < -0.4 is 5.32 Å². The molecular formula is C21H31BrN2O3. The van der Waals surface area contributed by atoms with Gasteiger partial charge < -0.3 is 20.1 Å². The van der Waals surface area contributed by atoms with Crippen molar-refractivity contribution in [1.82, 2.24) is 10.2 Å². The van der Waals surface area contributed by atoms with E-state index < -0.39 is 6.10 Å². The average Bonchev–Trinajstić information content (AvgIpc) is 2.68. The van der Waals surface area contributed by atoms with Crippen LogP contribution in [0.3, 0.4) is 0 Å². The molecule has 2 atom stereocenters. The van der Waals surface area contributed by atoms with Gasteiger partial charge in [-0.1, -0.05) is 47.3 Å². The fourth-order valence-corrected chi connectivity index (χ4v) is 5.17. The zero-order chi connectivity index (χ0) is 19.2. The summed E-state index contributed by atoms with van der Waals surface area (Å²) in [6.07, 6.45) is 6.51. The zero-order valence-corrected chi connectivity index (χ0v) is 17.7. The summed E-state index contributed by atoms with van der Waals surface area (Å²) in [5, 5.41) is 12.9. The maximum absolute atomic E-state index is 13.0. The number of halogens is 1. The fourth-order valence-electron chi connectivity index (χ4n) is 4.59. The number of rotatable bonds is 7. The molecule has 0 aromatic heterocycles. The summed E-state index contributed by atoms with van der Waals surface area (Å²) in [6.45, 7) is 1.66. The number of methoxy groups -OCH3 is 1. The SMILES string of the molecule is COC[C@@H](O)CNCC(=O)N1CCc2c(Br)cccc2C1C1CCCCC1. The third-order valence-corrected chi connectivity index (χ3v) is 6.59. The average molecular weight is 439 g/mol. The van der Waals surface area contributed by atoms with Gasteiger partial charge in [-0.15, -0.1) is 0 Å². The van der Waals surface area contributed by atoms with Crippen molar-refractivity contribution in [2.75, 3.05) is 33.4 Å². The predicted molar refractivity (Wildman–Crippen MR) is 110 cm³/mol. The van der Waals surface area contributed by atoms with Gasteiger partial charge in [-0.3, -0.25) is 4.79 Å². The van der Waals surface area contributed by atoms with Gasteiger partial charge in [-0.25, -0.2) is 0 Å². The van der Waals surface area contributed by atoms with Crippen molar-refractivity contribution in [3.8, 4) is 0 Å². The van der Waals surface area contributed by atoms with Crippen LogP contribution in [0.5, 0.6) is 0 Å². The number of ether oxygens (including phenoxy) is 1. The molecule has 27 heavy (non-hydrogen) atoms. The smallest absolute Gasteiger partial charge is 0.237 e. The van der Waals surface area contributed by atoms with Crippen LogP contribution in [0.2, 0.25) is 0 Å². The minimum Gasteiger partial charge on any atom is -0.389 e. The second-order valence-electron chi connectivity index (χ2n) is 7.73. The molecule has 1 aliphatic carbocycles. The van der Waals surface area contributed by atoms with Crippen LogP contribution in [0.25, 0.3) is 0 Å². The highest BCUT2D eigenvalue weighted by atomic mass is 79.9. The summed E-state index contributed by atoms with van der Waals surface area (Å²) < 4.78 is 6.10. The van der Waals surface area contributed by atoms with E-state index in [4.69, 9.17) is 4.74 Å². The molecule has 1 aromatic carbocycles. The van der Waals surface area contributed by atoms with Crippen LogP contribution in [-0.4, -0.2) is 55.4 Å². The molecule has 1 saturated carbocycles. The number of aliphatic hydroxyl groups is 1. The normalized spacial score (nSPS) is 21.7. The lowest BCUT2D eigenvalue weighted by atomic mass is 9.77. The predicted octanol–water partition coefficient (Wildman–Crippen LogP) is 3.05. The molecule has 0 spiro atoms. The first-order valence-corrected chi connectivity index (χ1v) is 10.9. The molecule has 0 radical (unpaired) electrons.